The molecule has 0 saturated carbocycles. The third-order valence-electron chi connectivity index (χ3n) is 5.50. The van der Waals surface area contributed by atoms with Gasteiger partial charge in [0.2, 0.25) is 0 Å². The van der Waals surface area contributed by atoms with Gasteiger partial charge in [-0.1, -0.05) is 24.0 Å². The first kappa shape index (κ1) is 23.5. The Hall–Kier alpha value is -2.15. The Balaban J connectivity index is 2.26. The van der Waals surface area contributed by atoms with Gasteiger partial charge in [0.15, 0.2) is 0 Å². The van der Waals surface area contributed by atoms with Gasteiger partial charge in [-0.2, -0.15) is 5.26 Å². The average molecular weight is 461 g/mol. The van der Waals surface area contributed by atoms with Gasteiger partial charge in [-0.25, -0.2) is 0 Å². The molecule has 166 valence electrons. The summed E-state index contributed by atoms with van der Waals surface area (Å²) >= 11 is 6.68. The van der Waals surface area contributed by atoms with Crippen molar-refractivity contribution in [1.82, 2.24) is 9.47 Å². The summed E-state index contributed by atoms with van der Waals surface area (Å²) in [6.07, 6.45) is 1.78. The topological polar surface area (TPSA) is 78.6 Å². The van der Waals surface area contributed by atoms with E-state index in [-0.39, 0.29) is 35.3 Å². The normalized spacial score (nSPS) is 23.2. The molecule has 2 unspecified atom stereocenters. The number of amides is 1. The van der Waals surface area contributed by atoms with Crippen LogP contribution < -0.4 is 10.5 Å². The van der Waals surface area contributed by atoms with Gasteiger partial charge in [-0.15, -0.1) is 0 Å². The molecule has 9 heteroatoms. The second kappa shape index (κ2) is 9.15. The van der Waals surface area contributed by atoms with E-state index >= 15 is 0 Å². The Morgan fingerprint density at radius 1 is 1.29 bits per heavy atom. The van der Waals surface area contributed by atoms with Crippen molar-refractivity contribution in [3.63, 3.8) is 0 Å². The maximum atomic E-state index is 13.1. The van der Waals surface area contributed by atoms with Crippen LogP contribution in [-0.4, -0.2) is 51.0 Å². The van der Waals surface area contributed by atoms with Crippen LogP contribution in [-0.2, 0) is 16.1 Å². The summed E-state index contributed by atoms with van der Waals surface area (Å²) in [4.78, 5) is 30.3. The molecule has 2 saturated heterocycles. The molecular formula is C22H28N4O3S2. The Kier molecular flexibility index (Phi) is 6.94. The van der Waals surface area contributed by atoms with E-state index in [4.69, 9.17) is 17.0 Å². The number of anilines is 1. The predicted molar refractivity (Wildman–Crippen MR) is 128 cm³/mol. The van der Waals surface area contributed by atoms with E-state index in [0.717, 1.165) is 5.82 Å². The molecule has 2 aliphatic heterocycles. The second-order valence-corrected chi connectivity index (χ2v) is 9.88. The molecule has 3 rings (SSSR count). The summed E-state index contributed by atoms with van der Waals surface area (Å²) < 4.78 is 8.03. The summed E-state index contributed by atoms with van der Waals surface area (Å²) in [5.41, 5.74) is 1.08. The molecule has 3 heterocycles. The van der Waals surface area contributed by atoms with Gasteiger partial charge in [0.05, 0.1) is 17.1 Å². The molecule has 2 aliphatic rings. The van der Waals surface area contributed by atoms with Crippen LogP contribution in [0.5, 0.6) is 0 Å². The molecule has 0 aliphatic carbocycles. The molecule has 1 amide bonds. The van der Waals surface area contributed by atoms with E-state index in [9.17, 15) is 14.9 Å². The minimum absolute atomic E-state index is 0.00731. The number of pyridine rings is 1. The number of carbonyl (C=O) groups excluding carboxylic acids is 1. The Labute approximate surface area is 192 Å². The highest BCUT2D eigenvalue weighted by atomic mass is 32.2. The molecule has 0 radical (unpaired) electrons. The lowest BCUT2D eigenvalue weighted by Crippen LogP contribution is -2.48. The molecule has 0 bridgehead atoms. The maximum Gasteiger partial charge on any atom is 0.270 e. The molecule has 2 atom stereocenters. The van der Waals surface area contributed by atoms with Crippen molar-refractivity contribution < 1.29 is 9.53 Å². The van der Waals surface area contributed by atoms with Crippen LogP contribution in [0.3, 0.4) is 0 Å². The summed E-state index contributed by atoms with van der Waals surface area (Å²) in [5, 5.41) is 9.68. The number of aromatic nitrogens is 1. The number of hydrogen-bond acceptors (Lipinski definition) is 7. The first-order valence-electron chi connectivity index (χ1n) is 10.5. The molecule has 31 heavy (non-hydrogen) atoms. The SMILES string of the molecule is CCn1c(N2CC(C)OC(C)C2)c(/C=C2\SC(=S)N(C(C)C)C2=O)c(C)c(C#N)c1=O. The number of hydrogen-bond donors (Lipinski definition) is 0. The lowest BCUT2D eigenvalue weighted by molar-refractivity contribution is -0.123. The fraction of sp³-hybridized carbons (Fsp3) is 0.545. The van der Waals surface area contributed by atoms with Crippen molar-refractivity contribution in [2.45, 2.75) is 66.3 Å². The van der Waals surface area contributed by atoms with Crippen LogP contribution in [0.2, 0.25) is 0 Å². The van der Waals surface area contributed by atoms with Gasteiger partial charge >= 0.3 is 0 Å². The number of rotatable bonds is 4. The molecule has 0 N–H and O–H groups in total. The van der Waals surface area contributed by atoms with Crippen molar-refractivity contribution >= 4 is 46.1 Å². The number of morpholine rings is 1. The van der Waals surface area contributed by atoms with Crippen molar-refractivity contribution in [2.75, 3.05) is 18.0 Å². The molecule has 7 nitrogen and oxygen atoms in total. The molecule has 2 fully saturated rings. The van der Waals surface area contributed by atoms with Crippen LogP contribution in [0.15, 0.2) is 9.70 Å². The highest BCUT2D eigenvalue weighted by Gasteiger charge is 2.35. The number of ether oxygens (including phenoxy) is 1. The zero-order chi connectivity index (χ0) is 23.0. The monoisotopic (exact) mass is 460 g/mol. The van der Waals surface area contributed by atoms with E-state index in [1.807, 2.05) is 34.6 Å². The minimum Gasteiger partial charge on any atom is -0.372 e. The summed E-state index contributed by atoms with van der Waals surface area (Å²) in [7, 11) is 0. The third-order valence-corrected chi connectivity index (χ3v) is 6.83. The Bertz CT molecular complexity index is 1040. The molecular weight excluding hydrogens is 432 g/mol. The second-order valence-electron chi connectivity index (χ2n) is 8.21. The van der Waals surface area contributed by atoms with E-state index in [2.05, 4.69) is 11.0 Å². The zero-order valence-electron chi connectivity index (χ0n) is 18.8. The van der Waals surface area contributed by atoms with Crippen molar-refractivity contribution in [2.24, 2.45) is 0 Å². The first-order chi connectivity index (χ1) is 14.6. The van der Waals surface area contributed by atoms with Crippen LogP contribution in [0.25, 0.3) is 6.08 Å². The van der Waals surface area contributed by atoms with E-state index in [1.54, 1.807) is 22.5 Å². The standard InChI is InChI=1S/C22H28N4O3S2/c1-7-25-19(24-10-13(4)29-14(5)11-24)16(15(6)17(9-23)20(25)27)8-18-21(28)26(12(2)3)22(30)31-18/h8,12-14H,7,10-11H2,1-6H3/b18-8-. The van der Waals surface area contributed by atoms with Crippen LogP contribution in [0.4, 0.5) is 5.82 Å². The number of thiocarbonyl (C=S) groups is 1. The molecule has 0 spiro atoms. The van der Waals surface area contributed by atoms with Gasteiger partial charge in [0, 0.05) is 31.2 Å². The largest absolute Gasteiger partial charge is 0.372 e. The van der Waals surface area contributed by atoms with Gasteiger partial charge in [0.25, 0.3) is 11.5 Å². The predicted octanol–water partition coefficient (Wildman–Crippen LogP) is 3.27. The summed E-state index contributed by atoms with van der Waals surface area (Å²) in [5.74, 6) is 0.577. The highest BCUT2D eigenvalue weighted by Crippen LogP contribution is 2.37. The smallest absolute Gasteiger partial charge is 0.270 e. The number of thioether (sulfide) groups is 1. The highest BCUT2D eigenvalue weighted by molar-refractivity contribution is 8.26. The molecule has 0 aromatic carbocycles. The quantitative estimate of drug-likeness (QED) is 0.504. The zero-order valence-corrected chi connectivity index (χ0v) is 20.4. The van der Waals surface area contributed by atoms with E-state index < -0.39 is 0 Å². The summed E-state index contributed by atoms with van der Waals surface area (Å²) in [6.45, 7) is 13.1. The van der Waals surface area contributed by atoms with Gasteiger partial charge in [-0.05, 0) is 53.2 Å². The van der Waals surface area contributed by atoms with Crippen LogP contribution >= 0.6 is 24.0 Å². The van der Waals surface area contributed by atoms with E-state index in [1.165, 1.54) is 11.8 Å². The minimum atomic E-state index is -0.309. The number of carbonyl (C=O) groups is 1. The third kappa shape index (κ3) is 4.29. The van der Waals surface area contributed by atoms with Gasteiger partial charge in [0.1, 0.15) is 21.8 Å². The fourth-order valence-corrected chi connectivity index (χ4v) is 5.69. The van der Waals surface area contributed by atoms with Crippen molar-refractivity contribution in [1.29, 1.82) is 5.26 Å². The van der Waals surface area contributed by atoms with Gasteiger partial charge in [-0.3, -0.25) is 19.1 Å². The van der Waals surface area contributed by atoms with Crippen LogP contribution in [0, 0.1) is 18.3 Å². The average Bonchev–Trinajstić information content (AvgIpc) is 2.96. The Morgan fingerprint density at radius 2 is 1.90 bits per heavy atom. The fourth-order valence-electron chi connectivity index (χ4n) is 4.19. The molecule has 1 aromatic heterocycles. The number of nitriles is 1. The number of nitrogens with zero attached hydrogens (tertiary/aromatic N) is 4. The van der Waals surface area contributed by atoms with Crippen molar-refractivity contribution in [3.8, 4) is 6.07 Å². The lowest BCUT2D eigenvalue weighted by atomic mass is 10.0. The lowest BCUT2D eigenvalue weighted by Gasteiger charge is -2.39. The maximum absolute atomic E-state index is 13.1. The molecule has 1 aromatic rings. The Morgan fingerprint density at radius 3 is 2.39 bits per heavy atom. The van der Waals surface area contributed by atoms with Gasteiger partial charge < -0.3 is 9.64 Å². The first-order valence-corrected chi connectivity index (χ1v) is 11.7. The van der Waals surface area contributed by atoms with E-state index in [0.29, 0.717) is 40.0 Å². The van der Waals surface area contributed by atoms with Crippen molar-refractivity contribution in [3.05, 3.63) is 31.9 Å². The van der Waals surface area contributed by atoms with Crippen LogP contribution in [0.1, 0.15) is 51.3 Å². The summed E-state index contributed by atoms with van der Waals surface area (Å²) in [6, 6.07) is 2.02.